The number of hydrogen-bond donors (Lipinski definition) is 1. The molecule has 0 bridgehead atoms. The number of carboxylic acid groups (broad SMARTS) is 1. The van der Waals surface area contributed by atoms with E-state index >= 15 is 0 Å². The molecule has 0 aliphatic heterocycles. The first-order chi connectivity index (χ1) is 10.5. The van der Waals surface area contributed by atoms with Crippen molar-refractivity contribution in [2.45, 2.75) is 32.3 Å². The van der Waals surface area contributed by atoms with Crippen LogP contribution in [-0.2, 0) is 11.2 Å². The summed E-state index contributed by atoms with van der Waals surface area (Å²) in [5.41, 5.74) is 1.76. The van der Waals surface area contributed by atoms with Gasteiger partial charge in [-0.05, 0) is 29.2 Å². The van der Waals surface area contributed by atoms with Crippen LogP contribution in [0.5, 0.6) is 5.75 Å². The van der Waals surface area contributed by atoms with Crippen molar-refractivity contribution >= 4 is 17.6 Å². The maximum absolute atomic E-state index is 11.5. The summed E-state index contributed by atoms with van der Waals surface area (Å²) in [6.45, 7) is 4.10. The molecule has 2 rings (SSSR count). The van der Waals surface area contributed by atoms with Crippen LogP contribution in [0.2, 0.25) is 5.02 Å². The van der Waals surface area contributed by atoms with E-state index in [1.807, 2.05) is 50.2 Å². The zero-order valence-electron chi connectivity index (χ0n) is 12.6. The summed E-state index contributed by atoms with van der Waals surface area (Å²) in [4.78, 5) is 11.5. The molecule has 0 amide bonds. The van der Waals surface area contributed by atoms with Crippen molar-refractivity contribution < 1.29 is 14.6 Å². The quantitative estimate of drug-likeness (QED) is 0.850. The fourth-order valence-corrected chi connectivity index (χ4v) is 2.47. The Morgan fingerprint density at radius 2 is 1.77 bits per heavy atom. The first-order valence-corrected chi connectivity index (χ1v) is 7.58. The predicted molar refractivity (Wildman–Crippen MR) is 87.7 cm³/mol. The molecule has 2 aromatic rings. The van der Waals surface area contributed by atoms with E-state index in [1.54, 1.807) is 12.1 Å². The first kappa shape index (κ1) is 16.4. The van der Waals surface area contributed by atoms with Gasteiger partial charge in [0.2, 0.25) is 0 Å². The average Bonchev–Trinajstić information content (AvgIpc) is 2.49. The standard InChI is InChI=1S/C18H19ClO3/c1-12(2)14-8-4-6-10-16(14)22-17(18(20)21)11-13-7-3-5-9-15(13)19/h3-10,12,17H,11H2,1-2H3,(H,20,21)/t17-/m1/s1. The molecule has 1 atom stereocenters. The van der Waals surface area contributed by atoms with Crippen LogP contribution < -0.4 is 4.74 Å². The Kier molecular flexibility index (Phi) is 5.45. The van der Waals surface area contributed by atoms with Gasteiger partial charge in [-0.2, -0.15) is 0 Å². The number of benzene rings is 2. The lowest BCUT2D eigenvalue weighted by molar-refractivity contribution is -0.145. The van der Waals surface area contributed by atoms with Crippen LogP contribution in [-0.4, -0.2) is 17.2 Å². The van der Waals surface area contributed by atoms with E-state index in [9.17, 15) is 9.90 Å². The van der Waals surface area contributed by atoms with E-state index in [-0.39, 0.29) is 12.3 Å². The number of hydrogen-bond acceptors (Lipinski definition) is 2. The van der Waals surface area contributed by atoms with Crippen molar-refractivity contribution in [3.8, 4) is 5.75 Å². The second-order valence-electron chi connectivity index (χ2n) is 5.43. The fourth-order valence-electron chi connectivity index (χ4n) is 2.26. The Hall–Kier alpha value is -2.00. The van der Waals surface area contributed by atoms with E-state index in [0.717, 1.165) is 11.1 Å². The van der Waals surface area contributed by atoms with Gasteiger partial charge in [0.1, 0.15) is 5.75 Å². The molecule has 0 unspecified atom stereocenters. The molecule has 0 heterocycles. The van der Waals surface area contributed by atoms with Crippen molar-refractivity contribution in [2.75, 3.05) is 0 Å². The van der Waals surface area contributed by atoms with E-state index in [1.165, 1.54) is 0 Å². The van der Waals surface area contributed by atoms with Gasteiger partial charge in [-0.3, -0.25) is 0 Å². The zero-order chi connectivity index (χ0) is 16.1. The van der Waals surface area contributed by atoms with Gasteiger partial charge in [-0.25, -0.2) is 4.79 Å². The number of rotatable bonds is 6. The molecule has 0 aliphatic carbocycles. The topological polar surface area (TPSA) is 46.5 Å². The number of halogens is 1. The third-order valence-electron chi connectivity index (χ3n) is 3.45. The number of carboxylic acids is 1. The van der Waals surface area contributed by atoms with E-state index in [4.69, 9.17) is 16.3 Å². The molecule has 116 valence electrons. The average molecular weight is 319 g/mol. The van der Waals surface area contributed by atoms with Gasteiger partial charge in [-0.1, -0.05) is 61.8 Å². The van der Waals surface area contributed by atoms with Crippen molar-refractivity contribution in [2.24, 2.45) is 0 Å². The van der Waals surface area contributed by atoms with Crippen LogP contribution in [0.4, 0.5) is 0 Å². The minimum atomic E-state index is -1.00. The van der Waals surface area contributed by atoms with Gasteiger partial charge in [0, 0.05) is 11.4 Å². The summed E-state index contributed by atoms with van der Waals surface area (Å²) < 4.78 is 5.77. The normalized spacial score (nSPS) is 12.2. The molecule has 0 spiro atoms. The third-order valence-corrected chi connectivity index (χ3v) is 3.82. The van der Waals surface area contributed by atoms with E-state index in [2.05, 4.69) is 0 Å². The van der Waals surface area contributed by atoms with Crippen molar-refractivity contribution in [3.63, 3.8) is 0 Å². The molecule has 1 N–H and O–H groups in total. The Morgan fingerprint density at radius 3 is 2.41 bits per heavy atom. The molecule has 4 heteroatoms. The molecular formula is C18H19ClO3. The summed E-state index contributed by atoms with van der Waals surface area (Å²) in [6.07, 6.45) is -0.749. The van der Waals surface area contributed by atoms with Crippen molar-refractivity contribution in [1.82, 2.24) is 0 Å². The minimum absolute atomic E-state index is 0.224. The van der Waals surface area contributed by atoms with Crippen molar-refractivity contribution in [3.05, 3.63) is 64.7 Å². The number of para-hydroxylation sites is 1. The first-order valence-electron chi connectivity index (χ1n) is 7.21. The third kappa shape index (κ3) is 4.01. The highest BCUT2D eigenvalue weighted by Gasteiger charge is 2.22. The Morgan fingerprint density at radius 1 is 1.14 bits per heavy atom. The molecule has 3 nitrogen and oxygen atoms in total. The van der Waals surface area contributed by atoms with Crippen LogP contribution in [0.3, 0.4) is 0 Å². The van der Waals surface area contributed by atoms with Gasteiger partial charge in [-0.15, -0.1) is 0 Å². The molecule has 0 aliphatic rings. The monoisotopic (exact) mass is 318 g/mol. The second kappa shape index (κ2) is 7.32. The summed E-state index contributed by atoms with van der Waals surface area (Å²) >= 11 is 6.11. The zero-order valence-corrected chi connectivity index (χ0v) is 13.4. The van der Waals surface area contributed by atoms with Gasteiger partial charge >= 0.3 is 5.97 Å². The van der Waals surface area contributed by atoms with Gasteiger partial charge in [0.25, 0.3) is 0 Å². The molecule has 0 saturated heterocycles. The lowest BCUT2D eigenvalue weighted by Crippen LogP contribution is -2.30. The summed E-state index contributed by atoms with van der Waals surface area (Å²) in [7, 11) is 0. The maximum Gasteiger partial charge on any atom is 0.345 e. The van der Waals surface area contributed by atoms with E-state index in [0.29, 0.717) is 10.8 Å². The highest BCUT2D eigenvalue weighted by Crippen LogP contribution is 2.28. The Balaban J connectivity index is 2.24. The Bertz CT molecular complexity index is 652. The lowest BCUT2D eigenvalue weighted by Gasteiger charge is -2.19. The second-order valence-corrected chi connectivity index (χ2v) is 5.84. The molecule has 0 fully saturated rings. The van der Waals surface area contributed by atoms with Crippen molar-refractivity contribution in [1.29, 1.82) is 0 Å². The molecular weight excluding hydrogens is 300 g/mol. The highest BCUT2D eigenvalue weighted by molar-refractivity contribution is 6.31. The summed E-state index contributed by atoms with van der Waals surface area (Å²) in [5, 5.41) is 10.00. The maximum atomic E-state index is 11.5. The largest absolute Gasteiger partial charge is 0.478 e. The lowest BCUT2D eigenvalue weighted by atomic mass is 10.0. The summed E-state index contributed by atoms with van der Waals surface area (Å²) in [5.74, 6) is -0.138. The van der Waals surface area contributed by atoms with Crippen LogP contribution >= 0.6 is 11.6 Å². The number of ether oxygens (including phenoxy) is 1. The predicted octanol–water partition coefficient (Wildman–Crippen LogP) is 4.54. The summed E-state index contributed by atoms with van der Waals surface area (Å²) in [6, 6.07) is 14.7. The van der Waals surface area contributed by atoms with Gasteiger partial charge in [0.05, 0.1) is 0 Å². The minimum Gasteiger partial charge on any atom is -0.478 e. The van der Waals surface area contributed by atoms with Gasteiger partial charge < -0.3 is 9.84 Å². The van der Waals surface area contributed by atoms with Crippen LogP contribution in [0, 0.1) is 0 Å². The van der Waals surface area contributed by atoms with Gasteiger partial charge in [0.15, 0.2) is 6.10 Å². The molecule has 22 heavy (non-hydrogen) atoms. The molecule has 0 saturated carbocycles. The van der Waals surface area contributed by atoms with Crippen LogP contribution in [0.25, 0.3) is 0 Å². The molecule has 0 radical (unpaired) electrons. The van der Waals surface area contributed by atoms with E-state index < -0.39 is 12.1 Å². The Labute approximate surface area is 135 Å². The van der Waals surface area contributed by atoms with Crippen LogP contribution in [0.1, 0.15) is 30.9 Å². The van der Waals surface area contributed by atoms with Crippen LogP contribution in [0.15, 0.2) is 48.5 Å². The highest BCUT2D eigenvalue weighted by atomic mass is 35.5. The number of carbonyl (C=O) groups is 1. The smallest absolute Gasteiger partial charge is 0.345 e. The number of aliphatic carboxylic acids is 1. The fraction of sp³-hybridized carbons (Fsp3) is 0.278. The SMILES string of the molecule is CC(C)c1ccccc1O[C@H](Cc1ccccc1Cl)C(=O)O. The molecule has 2 aromatic carbocycles. The molecule has 0 aromatic heterocycles.